The van der Waals surface area contributed by atoms with E-state index in [1.807, 2.05) is 36.4 Å². The van der Waals surface area contributed by atoms with Gasteiger partial charge < -0.3 is 5.32 Å². The van der Waals surface area contributed by atoms with Gasteiger partial charge >= 0.3 is 0 Å². The van der Waals surface area contributed by atoms with E-state index in [1.54, 1.807) is 48.8 Å². The average molecular weight is 341 g/mol. The maximum absolute atomic E-state index is 13.1. The van der Waals surface area contributed by atoms with Gasteiger partial charge in [0.25, 0.3) is 11.5 Å². The summed E-state index contributed by atoms with van der Waals surface area (Å²) in [6.07, 6.45) is 3.20. The van der Waals surface area contributed by atoms with Gasteiger partial charge in [0.1, 0.15) is 5.69 Å². The van der Waals surface area contributed by atoms with Crippen LogP contribution in [0, 0.1) is 0 Å². The molecule has 0 atom stereocenters. The van der Waals surface area contributed by atoms with E-state index in [4.69, 9.17) is 0 Å². The molecule has 4 aromatic rings. The second-order valence-corrected chi connectivity index (χ2v) is 5.78. The van der Waals surface area contributed by atoms with Crippen LogP contribution in [-0.4, -0.2) is 15.5 Å². The van der Waals surface area contributed by atoms with E-state index in [2.05, 4.69) is 10.3 Å². The summed E-state index contributed by atoms with van der Waals surface area (Å²) < 4.78 is 1.44. The lowest BCUT2D eigenvalue weighted by Crippen LogP contribution is -2.27. The van der Waals surface area contributed by atoms with Crippen molar-refractivity contribution in [3.8, 4) is 5.69 Å². The van der Waals surface area contributed by atoms with E-state index in [9.17, 15) is 9.59 Å². The molecule has 2 heterocycles. The van der Waals surface area contributed by atoms with Gasteiger partial charge in [-0.05, 0) is 41.8 Å². The molecular formula is C21H15N3O2. The summed E-state index contributed by atoms with van der Waals surface area (Å²) in [4.78, 5) is 29.9. The maximum Gasteiger partial charge on any atom is 0.272 e. The Balaban J connectivity index is 1.92. The quantitative estimate of drug-likeness (QED) is 0.619. The molecule has 5 heteroatoms. The first-order chi connectivity index (χ1) is 12.7. The molecule has 4 rings (SSSR count). The Labute approximate surface area is 149 Å². The number of para-hydroxylation sites is 1. The van der Waals surface area contributed by atoms with Crippen molar-refractivity contribution in [3.05, 3.63) is 101 Å². The van der Waals surface area contributed by atoms with Crippen LogP contribution in [0.2, 0.25) is 0 Å². The lowest BCUT2D eigenvalue weighted by atomic mass is 10.1. The van der Waals surface area contributed by atoms with Gasteiger partial charge in [0.2, 0.25) is 0 Å². The molecule has 1 amide bonds. The van der Waals surface area contributed by atoms with Gasteiger partial charge in [-0.2, -0.15) is 0 Å². The Morgan fingerprint density at radius 2 is 1.58 bits per heavy atom. The lowest BCUT2D eigenvalue weighted by Gasteiger charge is -2.14. The zero-order chi connectivity index (χ0) is 17.9. The molecule has 0 aliphatic carbocycles. The summed E-state index contributed by atoms with van der Waals surface area (Å²) in [7, 11) is 0. The highest BCUT2D eigenvalue weighted by atomic mass is 16.2. The number of hydrogen-bond acceptors (Lipinski definition) is 3. The summed E-state index contributed by atoms with van der Waals surface area (Å²) in [6.45, 7) is 0. The molecule has 0 saturated heterocycles. The molecule has 0 unspecified atom stereocenters. The number of fused-ring (bicyclic) bond motifs is 1. The van der Waals surface area contributed by atoms with E-state index in [0.29, 0.717) is 16.8 Å². The topological polar surface area (TPSA) is 64.0 Å². The number of carbonyl (C=O) groups is 1. The van der Waals surface area contributed by atoms with Crippen LogP contribution in [0.1, 0.15) is 10.5 Å². The van der Waals surface area contributed by atoms with Crippen molar-refractivity contribution in [2.75, 3.05) is 5.32 Å². The molecule has 26 heavy (non-hydrogen) atoms. The number of nitrogens with zero attached hydrogens (tertiary/aromatic N) is 2. The van der Waals surface area contributed by atoms with Crippen molar-refractivity contribution >= 4 is 22.4 Å². The van der Waals surface area contributed by atoms with Crippen LogP contribution in [0.15, 0.2) is 90.0 Å². The van der Waals surface area contributed by atoms with Crippen LogP contribution in [0.3, 0.4) is 0 Å². The number of carbonyl (C=O) groups excluding carboxylic acids is 1. The standard InChI is InChI=1S/C21H15N3O2/c25-20(23-16-10-12-22-13-11-16)19-14-15-6-4-5-9-18(15)21(26)24(19)17-7-2-1-3-8-17/h1-14H,(H,22,23,25). The second-order valence-electron chi connectivity index (χ2n) is 5.78. The van der Waals surface area contributed by atoms with Crippen molar-refractivity contribution in [2.24, 2.45) is 0 Å². The van der Waals surface area contributed by atoms with Gasteiger partial charge in [-0.1, -0.05) is 36.4 Å². The Bertz CT molecular complexity index is 1140. The third-order valence-corrected chi connectivity index (χ3v) is 4.11. The summed E-state index contributed by atoms with van der Waals surface area (Å²) in [5.74, 6) is -0.358. The SMILES string of the molecule is O=C(Nc1ccncc1)c1cc2ccccc2c(=O)n1-c1ccccc1. The third kappa shape index (κ3) is 2.86. The van der Waals surface area contributed by atoms with Crippen molar-refractivity contribution in [2.45, 2.75) is 0 Å². The van der Waals surface area contributed by atoms with E-state index >= 15 is 0 Å². The van der Waals surface area contributed by atoms with Gasteiger partial charge in [-0.3, -0.25) is 19.1 Å². The van der Waals surface area contributed by atoms with Crippen molar-refractivity contribution < 1.29 is 4.79 Å². The van der Waals surface area contributed by atoms with Gasteiger partial charge in [-0.25, -0.2) is 0 Å². The molecule has 126 valence electrons. The van der Waals surface area contributed by atoms with Crippen molar-refractivity contribution in [1.82, 2.24) is 9.55 Å². The number of nitrogens with one attached hydrogen (secondary N) is 1. The Morgan fingerprint density at radius 3 is 2.35 bits per heavy atom. The predicted octanol–water partition coefficient (Wildman–Crippen LogP) is 3.64. The van der Waals surface area contributed by atoms with E-state index in [1.165, 1.54) is 4.57 Å². The lowest BCUT2D eigenvalue weighted by molar-refractivity contribution is 0.102. The minimum Gasteiger partial charge on any atom is -0.321 e. The number of rotatable bonds is 3. The highest BCUT2D eigenvalue weighted by Crippen LogP contribution is 2.17. The fraction of sp³-hybridized carbons (Fsp3) is 0. The van der Waals surface area contributed by atoms with Crippen LogP contribution in [0.5, 0.6) is 0 Å². The monoisotopic (exact) mass is 341 g/mol. The molecule has 0 fully saturated rings. The molecular weight excluding hydrogens is 326 g/mol. The van der Waals surface area contributed by atoms with Crippen LogP contribution in [0.4, 0.5) is 5.69 Å². The average Bonchev–Trinajstić information content (AvgIpc) is 2.69. The fourth-order valence-electron chi connectivity index (χ4n) is 2.89. The van der Waals surface area contributed by atoms with Gasteiger partial charge in [0.05, 0.1) is 0 Å². The number of benzene rings is 2. The number of hydrogen-bond donors (Lipinski definition) is 1. The van der Waals surface area contributed by atoms with Crippen molar-refractivity contribution in [3.63, 3.8) is 0 Å². The molecule has 0 spiro atoms. The number of amides is 1. The molecule has 0 radical (unpaired) electrons. The second kappa shape index (κ2) is 6.64. The normalized spacial score (nSPS) is 10.6. The zero-order valence-corrected chi connectivity index (χ0v) is 13.8. The smallest absolute Gasteiger partial charge is 0.272 e. The number of pyridine rings is 2. The first-order valence-electron chi connectivity index (χ1n) is 8.15. The summed E-state index contributed by atoms with van der Waals surface area (Å²) in [6, 6.07) is 21.5. The Morgan fingerprint density at radius 1 is 0.885 bits per heavy atom. The molecule has 0 aliphatic heterocycles. The van der Waals surface area contributed by atoms with Gasteiger partial charge in [0.15, 0.2) is 0 Å². The largest absolute Gasteiger partial charge is 0.321 e. The molecule has 0 saturated carbocycles. The highest BCUT2D eigenvalue weighted by Gasteiger charge is 2.17. The number of aromatic nitrogens is 2. The van der Waals surface area contributed by atoms with Gasteiger partial charge in [-0.15, -0.1) is 0 Å². The molecule has 1 N–H and O–H groups in total. The fourth-order valence-corrected chi connectivity index (χ4v) is 2.89. The van der Waals surface area contributed by atoms with Gasteiger partial charge in [0, 0.05) is 29.2 Å². The predicted molar refractivity (Wildman–Crippen MR) is 102 cm³/mol. The first-order valence-corrected chi connectivity index (χ1v) is 8.15. The highest BCUT2D eigenvalue weighted by molar-refractivity contribution is 6.05. The molecule has 0 bridgehead atoms. The van der Waals surface area contributed by atoms with Crippen LogP contribution < -0.4 is 10.9 Å². The minimum atomic E-state index is -0.358. The Kier molecular flexibility index (Phi) is 4.03. The van der Waals surface area contributed by atoms with Crippen LogP contribution in [0.25, 0.3) is 16.5 Å². The van der Waals surface area contributed by atoms with Crippen LogP contribution >= 0.6 is 0 Å². The van der Waals surface area contributed by atoms with Crippen molar-refractivity contribution in [1.29, 1.82) is 0 Å². The minimum absolute atomic E-state index is 0.228. The summed E-state index contributed by atoms with van der Waals surface area (Å²) in [5, 5.41) is 4.11. The van der Waals surface area contributed by atoms with E-state index in [-0.39, 0.29) is 17.2 Å². The third-order valence-electron chi connectivity index (χ3n) is 4.11. The summed E-state index contributed by atoms with van der Waals surface area (Å²) in [5.41, 5.74) is 1.30. The van der Waals surface area contributed by atoms with E-state index < -0.39 is 0 Å². The van der Waals surface area contributed by atoms with E-state index in [0.717, 1.165) is 5.39 Å². The molecule has 2 aromatic heterocycles. The van der Waals surface area contributed by atoms with Crippen LogP contribution in [-0.2, 0) is 0 Å². The Hall–Kier alpha value is -3.73. The maximum atomic E-state index is 13.1. The molecule has 0 aliphatic rings. The molecule has 2 aromatic carbocycles. The first kappa shape index (κ1) is 15.8. The molecule has 5 nitrogen and oxygen atoms in total. The zero-order valence-electron chi connectivity index (χ0n) is 13.8. The number of anilines is 1. The summed E-state index contributed by atoms with van der Waals surface area (Å²) >= 11 is 0.